The lowest BCUT2D eigenvalue weighted by Crippen LogP contribution is -1.92. The van der Waals surface area contributed by atoms with E-state index in [0.29, 0.717) is 5.92 Å². The third-order valence-corrected chi connectivity index (χ3v) is 7.45. The van der Waals surface area contributed by atoms with Gasteiger partial charge in [0.2, 0.25) is 0 Å². The minimum absolute atomic E-state index is 0.324. The van der Waals surface area contributed by atoms with Gasteiger partial charge in [-0.25, -0.2) is 0 Å². The molecule has 0 aliphatic carbocycles. The second-order valence-corrected chi connectivity index (χ2v) is 10.8. The van der Waals surface area contributed by atoms with Crippen LogP contribution < -0.4 is 0 Å². The molecule has 1 atom stereocenters. The van der Waals surface area contributed by atoms with Crippen LogP contribution in [0.2, 0.25) is 0 Å². The molecule has 0 bridgehead atoms. The number of hydrogen-bond donors (Lipinski definition) is 0. The van der Waals surface area contributed by atoms with Gasteiger partial charge in [0.15, 0.2) is 0 Å². The van der Waals surface area contributed by atoms with Crippen LogP contribution in [0.5, 0.6) is 0 Å². The molecule has 0 saturated heterocycles. The first-order chi connectivity index (χ1) is 12.2. The Morgan fingerprint density at radius 2 is 1.32 bits per heavy atom. The van der Waals surface area contributed by atoms with E-state index in [0.717, 1.165) is 23.0 Å². The van der Waals surface area contributed by atoms with Gasteiger partial charge in [-0.3, -0.25) is 0 Å². The first-order valence-electron chi connectivity index (χ1n) is 8.91. The van der Waals surface area contributed by atoms with Crippen LogP contribution in [0.3, 0.4) is 0 Å². The molecule has 1 aromatic rings. The van der Waals surface area contributed by atoms with Crippen LogP contribution in [0.25, 0.3) is 0 Å². The average Bonchev–Trinajstić information content (AvgIpc) is 2.62. The zero-order valence-corrected chi connectivity index (χ0v) is 19.0. The van der Waals surface area contributed by atoms with E-state index in [9.17, 15) is 0 Å². The molecule has 0 saturated carbocycles. The summed E-state index contributed by atoms with van der Waals surface area (Å²) in [5.74, 6) is 4.81. The summed E-state index contributed by atoms with van der Waals surface area (Å²) in [5, 5.41) is 0. The summed E-state index contributed by atoms with van der Waals surface area (Å²) < 4.78 is 2.83. The van der Waals surface area contributed by atoms with Crippen molar-refractivity contribution in [2.75, 3.05) is 23.0 Å². The predicted molar refractivity (Wildman–Crippen MR) is 127 cm³/mol. The van der Waals surface area contributed by atoms with Gasteiger partial charge in [0, 0.05) is 14.4 Å². The van der Waals surface area contributed by atoms with Crippen molar-refractivity contribution in [3.63, 3.8) is 0 Å². The third-order valence-electron chi connectivity index (χ3n) is 3.20. The topological polar surface area (TPSA) is 0 Å². The summed E-state index contributed by atoms with van der Waals surface area (Å²) in [5.41, 5.74) is 1.35. The Morgan fingerprint density at radius 3 is 1.84 bits per heavy atom. The molecular weight excluding hydrogens is 380 g/mol. The Morgan fingerprint density at radius 1 is 0.800 bits per heavy atom. The maximum Gasteiger partial charge on any atom is 0.0400 e. The molecule has 1 aromatic carbocycles. The van der Waals surface area contributed by atoms with Gasteiger partial charge in [0.1, 0.15) is 0 Å². The van der Waals surface area contributed by atoms with Gasteiger partial charge in [0.25, 0.3) is 0 Å². The summed E-state index contributed by atoms with van der Waals surface area (Å²) in [6, 6.07) is 10.8. The quantitative estimate of drug-likeness (QED) is 0.320. The summed E-state index contributed by atoms with van der Waals surface area (Å²) in [4.78, 5) is 0. The van der Waals surface area contributed by atoms with Gasteiger partial charge in [-0.15, -0.1) is 47.0 Å². The highest BCUT2D eigenvalue weighted by Gasteiger charge is 2.07. The number of benzene rings is 1. The Labute approximate surface area is 171 Å². The molecule has 0 heterocycles. The van der Waals surface area contributed by atoms with E-state index in [4.69, 9.17) is 0 Å². The molecule has 1 unspecified atom stereocenters. The number of thioether (sulfide) groups is 4. The van der Waals surface area contributed by atoms with E-state index in [1.807, 2.05) is 47.0 Å². The van der Waals surface area contributed by atoms with Crippen LogP contribution in [0.1, 0.15) is 39.2 Å². The van der Waals surface area contributed by atoms with Crippen LogP contribution in [-0.4, -0.2) is 23.0 Å². The second kappa shape index (κ2) is 15.0. The molecule has 0 nitrogen and oxygen atoms in total. The van der Waals surface area contributed by atoms with E-state index >= 15 is 0 Å². The SMILES string of the molecule is CCSC(=C/C=C/C(C=C(SCC)SCC)c1ccccc1)SCC. The fourth-order valence-electron chi connectivity index (χ4n) is 2.18. The predicted octanol–water partition coefficient (Wildman–Crippen LogP) is 8.02. The summed E-state index contributed by atoms with van der Waals surface area (Å²) in [7, 11) is 0. The van der Waals surface area contributed by atoms with E-state index in [1.54, 1.807) is 0 Å². The fourth-order valence-corrected chi connectivity index (χ4v) is 6.24. The van der Waals surface area contributed by atoms with Crippen molar-refractivity contribution >= 4 is 47.0 Å². The van der Waals surface area contributed by atoms with Gasteiger partial charge in [-0.1, -0.05) is 76.3 Å². The highest BCUT2D eigenvalue weighted by Crippen LogP contribution is 2.33. The van der Waals surface area contributed by atoms with Gasteiger partial charge >= 0.3 is 0 Å². The van der Waals surface area contributed by atoms with Crippen LogP contribution in [-0.2, 0) is 0 Å². The Balaban J connectivity index is 3.04. The van der Waals surface area contributed by atoms with Gasteiger partial charge in [0.05, 0.1) is 0 Å². The molecule has 0 N–H and O–H groups in total. The van der Waals surface area contributed by atoms with E-state index in [2.05, 4.69) is 82.3 Å². The summed E-state index contributed by atoms with van der Waals surface area (Å²) in [6.45, 7) is 8.87. The highest BCUT2D eigenvalue weighted by molar-refractivity contribution is 8.22. The van der Waals surface area contributed by atoms with Gasteiger partial charge < -0.3 is 0 Å². The van der Waals surface area contributed by atoms with Crippen LogP contribution in [0.15, 0.2) is 63.1 Å². The van der Waals surface area contributed by atoms with Crippen LogP contribution in [0.4, 0.5) is 0 Å². The van der Waals surface area contributed by atoms with E-state index in [-0.39, 0.29) is 0 Å². The van der Waals surface area contributed by atoms with Crippen molar-refractivity contribution in [1.82, 2.24) is 0 Å². The smallest absolute Gasteiger partial charge is 0.0400 e. The maximum atomic E-state index is 2.42. The maximum absolute atomic E-state index is 2.42. The number of allylic oxidation sites excluding steroid dienone is 4. The van der Waals surface area contributed by atoms with E-state index in [1.165, 1.54) is 14.0 Å². The van der Waals surface area contributed by atoms with Gasteiger partial charge in [-0.05, 0) is 34.7 Å². The average molecular weight is 411 g/mol. The van der Waals surface area contributed by atoms with Crippen LogP contribution in [0, 0.1) is 0 Å². The van der Waals surface area contributed by atoms with Gasteiger partial charge in [-0.2, -0.15) is 0 Å². The Kier molecular flexibility index (Phi) is 13.7. The van der Waals surface area contributed by atoms with Crippen molar-refractivity contribution in [1.29, 1.82) is 0 Å². The minimum atomic E-state index is 0.324. The monoisotopic (exact) mass is 410 g/mol. The van der Waals surface area contributed by atoms with Crippen LogP contribution >= 0.6 is 47.0 Å². The molecular formula is C21H30S4. The lowest BCUT2D eigenvalue weighted by molar-refractivity contribution is 1.08. The zero-order chi connectivity index (χ0) is 18.3. The highest BCUT2D eigenvalue weighted by atomic mass is 32.2. The molecule has 0 fully saturated rings. The number of rotatable bonds is 12. The molecule has 25 heavy (non-hydrogen) atoms. The molecule has 0 aliphatic rings. The molecule has 0 radical (unpaired) electrons. The fraction of sp³-hybridized carbons (Fsp3) is 0.429. The molecule has 138 valence electrons. The van der Waals surface area contributed by atoms with E-state index < -0.39 is 0 Å². The lowest BCUT2D eigenvalue weighted by Gasteiger charge is -2.12. The Bertz CT molecular complexity index is 530. The standard InChI is InChI=1S/C21H30S4/c1-5-22-20(23-6-2)16-12-15-19(18-13-10-9-11-14-18)17-21(24-7-3)25-8-4/h9-17,19H,5-8H2,1-4H3/b15-12+. The third kappa shape index (κ3) is 9.93. The first-order valence-corrected chi connectivity index (χ1v) is 12.9. The van der Waals surface area contributed by atoms with Crippen molar-refractivity contribution < 1.29 is 0 Å². The first kappa shape index (κ1) is 22.9. The Hall–Kier alpha value is -0.160. The van der Waals surface area contributed by atoms with Crippen molar-refractivity contribution in [3.05, 3.63) is 68.7 Å². The molecule has 0 amide bonds. The molecule has 0 aromatic heterocycles. The normalized spacial score (nSPS) is 12.2. The largest absolute Gasteiger partial charge is 0.120 e. The molecule has 1 rings (SSSR count). The van der Waals surface area contributed by atoms with Crippen molar-refractivity contribution in [2.45, 2.75) is 33.6 Å². The summed E-state index contributed by atoms with van der Waals surface area (Å²) in [6.07, 6.45) is 9.25. The lowest BCUT2D eigenvalue weighted by atomic mass is 9.99. The molecule has 0 spiro atoms. The second-order valence-electron chi connectivity index (χ2n) is 5.02. The van der Waals surface area contributed by atoms with Crippen molar-refractivity contribution in [3.8, 4) is 0 Å². The number of hydrogen-bond acceptors (Lipinski definition) is 4. The zero-order valence-electron chi connectivity index (χ0n) is 15.7. The van der Waals surface area contributed by atoms with Crippen molar-refractivity contribution in [2.24, 2.45) is 0 Å². The molecule has 0 aliphatic heterocycles. The summed E-state index contributed by atoms with van der Waals surface area (Å²) >= 11 is 7.75. The molecule has 4 heteroatoms. The minimum Gasteiger partial charge on any atom is -0.120 e.